The second-order valence-electron chi connectivity index (χ2n) is 6.72. The van der Waals surface area contributed by atoms with Gasteiger partial charge in [-0.2, -0.15) is 0 Å². The lowest BCUT2D eigenvalue weighted by Crippen LogP contribution is -1.95. The van der Waals surface area contributed by atoms with Gasteiger partial charge >= 0.3 is 0 Å². The Balaban J connectivity index is 1.83. The molecule has 126 valence electrons. The van der Waals surface area contributed by atoms with Crippen LogP contribution >= 0.6 is 11.6 Å². The smallest absolute Gasteiger partial charge is 0.0547 e. The topological polar surface area (TPSA) is 4.93 Å². The van der Waals surface area contributed by atoms with E-state index >= 15 is 0 Å². The molecule has 1 aliphatic carbocycles. The van der Waals surface area contributed by atoms with Crippen molar-refractivity contribution in [2.75, 3.05) is 0 Å². The van der Waals surface area contributed by atoms with Crippen LogP contribution in [0, 0.1) is 0 Å². The van der Waals surface area contributed by atoms with E-state index in [0.717, 1.165) is 17.9 Å². The fourth-order valence-electron chi connectivity index (χ4n) is 3.92. The maximum atomic E-state index is 6.25. The van der Waals surface area contributed by atoms with Crippen LogP contribution in [0.3, 0.4) is 0 Å². The molecule has 2 heteroatoms. The van der Waals surface area contributed by atoms with E-state index in [-0.39, 0.29) is 0 Å². The summed E-state index contributed by atoms with van der Waals surface area (Å²) >= 11 is 6.25. The van der Waals surface area contributed by atoms with Crippen molar-refractivity contribution in [2.45, 2.75) is 12.8 Å². The Bertz CT molecular complexity index is 1180. The minimum absolute atomic E-state index is 0.843. The van der Waals surface area contributed by atoms with Crippen molar-refractivity contribution in [1.82, 2.24) is 4.57 Å². The number of benzene rings is 3. The van der Waals surface area contributed by atoms with Gasteiger partial charge in [0, 0.05) is 21.5 Å². The van der Waals surface area contributed by atoms with Crippen LogP contribution in [0.5, 0.6) is 0 Å². The fourth-order valence-corrected chi connectivity index (χ4v) is 4.16. The summed E-state index contributed by atoms with van der Waals surface area (Å²) in [5, 5.41) is 3.41. The second-order valence-corrected chi connectivity index (χ2v) is 7.15. The molecule has 0 radical (unpaired) electrons. The Hall–Kier alpha value is -2.77. The van der Waals surface area contributed by atoms with Gasteiger partial charge < -0.3 is 4.57 Å². The molecule has 0 amide bonds. The highest BCUT2D eigenvalue weighted by Gasteiger charge is 2.14. The highest BCUT2D eigenvalue weighted by molar-refractivity contribution is 6.31. The Morgan fingerprint density at radius 3 is 2.38 bits per heavy atom. The van der Waals surface area contributed by atoms with Gasteiger partial charge in [-0.05, 0) is 54.3 Å². The van der Waals surface area contributed by atoms with E-state index in [1.807, 2.05) is 0 Å². The van der Waals surface area contributed by atoms with Gasteiger partial charge in [0.25, 0.3) is 0 Å². The summed E-state index contributed by atoms with van der Waals surface area (Å²) < 4.78 is 2.36. The first-order chi connectivity index (χ1) is 12.8. The van der Waals surface area contributed by atoms with Gasteiger partial charge in [0.05, 0.1) is 11.0 Å². The SMILES string of the molecule is ClC1=CCCC(c2ccc3c4ccccc4n(-c4ccccc4)c3c2)=C1. The molecule has 0 saturated heterocycles. The molecule has 1 aliphatic rings. The maximum absolute atomic E-state index is 6.25. The van der Waals surface area contributed by atoms with Crippen LogP contribution in [0.25, 0.3) is 33.1 Å². The summed E-state index contributed by atoms with van der Waals surface area (Å²) in [5.74, 6) is 0. The summed E-state index contributed by atoms with van der Waals surface area (Å²) in [5.41, 5.74) is 6.22. The van der Waals surface area contributed by atoms with Gasteiger partial charge in [-0.25, -0.2) is 0 Å². The standard InChI is InChI=1S/C24H18ClN/c25-19-8-6-7-17(15-19)18-13-14-22-21-11-4-5-12-23(21)26(24(22)16-18)20-9-2-1-3-10-20/h1-5,8-16H,6-7H2. The lowest BCUT2D eigenvalue weighted by atomic mass is 9.96. The van der Waals surface area contributed by atoms with Crippen LogP contribution in [0.4, 0.5) is 0 Å². The number of hydrogen-bond acceptors (Lipinski definition) is 0. The number of rotatable bonds is 2. The van der Waals surface area contributed by atoms with Gasteiger partial charge in [0.1, 0.15) is 0 Å². The average Bonchev–Trinajstić information content (AvgIpc) is 3.02. The zero-order valence-corrected chi connectivity index (χ0v) is 15.1. The van der Waals surface area contributed by atoms with Crippen LogP contribution in [-0.4, -0.2) is 4.57 Å². The first-order valence-electron chi connectivity index (χ1n) is 8.96. The lowest BCUT2D eigenvalue weighted by molar-refractivity contribution is 1.05. The molecule has 1 heterocycles. The number of aromatic nitrogens is 1. The quantitative estimate of drug-likeness (QED) is 0.362. The van der Waals surface area contributed by atoms with Crippen molar-refractivity contribution in [3.8, 4) is 5.69 Å². The molecule has 0 unspecified atom stereocenters. The third-order valence-electron chi connectivity index (χ3n) is 5.12. The number of allylic oxidation sites excluding steroid dienone is 4. The molecule has 0 saturated carbocycles. The van der Waals surface area contributed by atoms with Gasteiger partial charge in [0.15, 0.2) is 0 Å². The minimum Gasteiger partial charge on any atom is -0.309 e. The number of para-hydroxylation sites is 2. The molecule has 0 aliphatic heterocycles. The molecular formula is C24H18ClN. The molecule has 0 N–H and O–H groups in total. The largest absolute Gasteiger partial charge is 0.309 e. The van der Waals surface area contributed by atoms with E-state index in [4.69, 9.17) is 11.6 Å². The van der Waals surface area contributed by atoms with Crippen LogP contribution in [-0.2, 0) is 0 Å². The summed E-state index contributed by atoms with van der Waals surface area (Å²) in [6, 6.07) is 26.0. The predicted molar refractivity (Wildman–Crippen MR) is 112 cm³/mol. The number of nitrogens with zero attached hydrogens (tertiary/aromatic N) is 1. The third-order valence-corrected chi connectivity index (χ3v) is 5.39. The first kappa shape index (κ1) is 15.5. The van der Waals surface area contributed by atoms with Crippen LogP contribution in [0.2, 0.25) is 0 Å². The van der Waals surface area contributed by atoms with Crippen LogP contribution < -0.4 is 0 Å². The highest BCUT2D eigenvalue weighted by Crippen LogP contribution is 2.35. The van der Waals surface area contributed by atoms with Crippen molar-refractivity contribution >= 4 is 39.0 Å². The van der Waals surface area contributed by atoms with E-state index in [2.05, 4.69) is 89.5 Å². The third kappa shape index (κ3) is 2.48. The zero-order valence-electron chi connectivity index (χ0n) is 14.3. The molecule has 0 fully saturated rings. The monoisotopic (exact) mass is 355 g/mol. The zero-order chi connectivity index (χ0) is 17.5. The highest BCUT2D eigenvalue weighted by atomic mass is 35.5. The van der Waals surface area contributed by atoms with Gasteiger partial charge in [0.2, 0.25) is 0 Å². The fraction of sp³-hybridized carbons (Fsp3) is 0.0833. The van der Waals surface area contributed by atoms with E-state index < -0.39 is 0 Å². The van der Waals surface area contributed by atoms with Gasteiger partial charge in [-0.1, -0.05) is 66.2 Å². The second kappa shape index (κ2) is 6.19. The summed E-state index contributed by atoms with van der Waals surface area (Å²) in [6.45, 7) is 0. The molecule has 1 aromatic heterocycles. The Morgan fingerprint density at radius 2 is 1.54 bits per heavy atom. The van der Waals surface area contributed by atoms with E-state index in [0.29, 0.717) is 0 Å². The average molecular weight is 356 g/mol. The Labute approximate surface area is 157 Å². The first-order valence-corrected chi connectivity index (χ1v) is 9.34. The summed E-state index contributed by atoms with van der Waals surface area (Å²) in [7, 11) is 0. The Morgan fingerprint density at radius 1 is 0.769 bits per heavy atom. The van der Waals surface area contributed by atoms with Crippen molar-refractivity contribution in [3.63, 3.8) is 0 Å². The molecule has 26 heavy (non-hydrogen) atoms. The van der Waals surface area contributed by atoms with Gasteiger partial charge in [-0.15, -0.1) is 0 Å². The van der Waals surface area contributed by atoms with E-state index in [1.54, 1.807) is 0 Å². The molecule has 1 nitrogen and oxygen atoms in total. The summed E-state index contributed by atoms with van der Waals surface area (Å²) in [4.78, 5) is 0. The lowest BCUT2D eigenvalue weighted by Gasteiger charge is -2.13. The molecule has 3 aromatic carbocycles. The number of hydrogen-bond donors (Lipinski definition) is 0. The molecule has 0 bridgehead atoms. The van der Waals surface area contributed by atoms with Gasteiger partial charge in [-0.3, -0.25) is 0 Å². The van der Waals surface area contributed by atoms with Crippen molar-refractivity contribution in [3.05, 3.63) is 95.5 Å². The molecule has 5 rings (SSSR count). The number of halogens is 1. The van der Waals surface area contributed by atoms with E-state index in [1.165, 1.54) is 38.6 Å². The predicted octanol–water partition coefficient (Wildman–Crippen LogP) is 7.08. The number of fused-ring (bicyclic) bond motifs is 3. The molecule has 4 aromatic rings. The van der Waals surface area contributed by atoms with Crippen molar-refractivity contribution in [1.29, 1.82) is 0 Å². The van der Waals surface area contributed by atoms with Crippen molar-refractivity contribution in [2.24, 2.45) is 0 Å². The normalized spacial score (nSPS) is 14.5. The molecule has 0 atom stereocenters. The van der Waals surface area contributed by atoms with Crippen LogP contribution in [0.15, 0.2) is 90.0 Å². The minimum atomic E-state index is 0.843. The molecule has 0 spiro atoms. The van der Waals surface area contributed by atoms with E-state index in [9.17, 15) is 0 Å². The van der Waals surface area contributed by atoms with Crippen LogP contribution in [0.1, 0.15) is 18.4 Å². The Kier molecular flexibility index (Phi) is 3.69. The molecular weight excluding hydrogens is 338 g/mol. The summed E-state index contributed by atoms with van der Waals surface area (Å²) in [6.07, 6.45) is 6.23. The van der Waals surface area contributed by atoms with Crippen molar-refractivity contribution < 1.29 is 0 Å². The maximum Gasteiger partial charge on any atom is 0.0547 e.